The van der Waals surface area contributed by atoms with Crippen molar-refractivity contribution in [2.75, 3.05) is 0 Å². The Balaban J connectivity index is 2.87. The first-order valence-electron chi connectivity index (χ1n) is 6.45. The smallest absolute Gasteiger partial charge is 0.408 e. The lowest BCUT2D eigenvalue weighted by Gasteiger charge is -2.25. The first kappa shape index (κ1) is 17.3. The van der Waals surface area contributed by atoms with E-state index in [4.69, 9.17) is 16.3 Å². The van der Waals surface area contributed by atoms with Crippen LogP contribution in [-0.2, 0) is 9.53 Å². The zero-order valence-electron chi connectivity index (χ0n) is 12.7. The molecule has 0 aliphatic carbocycles. The molecule has 0 aliphatic heterocycles. The van der Waals surface area contributed by atoms with E-state index in [2.05, 4.69) is 10.4 Å². The minimum atomic E-state index is -1.18. The summed E-state index contributed by atoms with van der Waals surface area (Å²) in [6.07, 6.45) is 0.727. The normalized spacial score (nSPS) is 14.4. The molecule has 8 heteroatoms. The average molecular weight is 318 g/mol. The topological polar surface area (TPSA) is 93.5 Å². The molecule has 2 N–H and O–H groups in total. The third-order valence-corrected chi connectivity index (χ3v) is 3.07. The molecule has 1 heterocycles. The molecule has 0 fully saturated rings. The van der Waals surface area contributed by atoms with Gasteiger partial charge < -0.3 is 15.2 Å². The third-order valence-electron chi connectivity index (χ3n) is 2.69. The molecule has 1 aromatic rings. The maximum atomic E-state index is 11.7. The summed E-state index contributed by atoms with van der Waals surface area (Å²) in [4.78, 5) is 23.1. The van der Waals surface area contributed by atoms with Crippen LogP contribution >= 0.6 is 11.6 Å². The van der Waals surface area contributed by atoms with Crippen LogP contribution in [0, 0.1) is 6.92 Å². The largest absolute Gasteiger partial charge is 0.480 e. The van der Waals surface area contributed by atoms with Crippen molar-refractivity contribution in [3.8, 4) is 0 Å². The molecule has 118 valence electrons. The van der Waals surface area contributed by atoms with Gasteiger partial charge in [-0.1, -0.05) is 11.6 Å². The molecular weight excluding hydrogens is 298 g/mol. The summed E-state index contributed by atoms with van der Waals surface area (Å²) in [6, 6.07) is -1.81. The first-order chi connectivity index (χ1) is 9.51. The monoisotopic (exact) mass is 317 g/mol. The number of amides is 1. The molecule has 7 nitrogen and oxygen atoms in total. The number of halogens is 1. The summed E-state index contributed by atoms with van der Waals surface area (Å²) >= 11 is 5.91. The Morgan fingerprint density at radius 3 is 2.43 bits per heavy atom. The third kappa shape index (κ3) is 4.93. The zero-order valence-corrected chi connectivity index (χ0v) is 13.4. The number of alkyl carbamates (subject to hydrolysis) is 1. The number of carboxylic acids is 1. The molecule has 0 bridgehead atoms. The SMILES string of the molecule is Cc1nn(C(C)C(NC(=O)OC(C)(C)C)C(=O)O)cc1Cl. The maximum absolute atomic E-state index is 11.7. The van der Waals surface area contributed by atoms with E-state index in [1.165, 1.54) is 10.9 Å². The van der Waals surface area contributed by atoms with Crippen molar-refractivity contribution in [2.45, 2.75) is 52.3 Å². The lowest BCUT2D eigenvalue weighted by atomic mass is 10.1. The Morgan fingerprint density at radius 1 is 1.48 bits per heavy atom. The fraction of sp³-hybridized carbons (Fsp3) is 0.615. The zero-order chi connectivity index (χ0) is 16.4. The van der Waals surface area contributed by atoms with Crippen molar-refractivity contribution in [3.63, 3.8) is 0 Å². The Bertz CT molecular complexity index is 517. The lowest BCUT2D eigenvalue weighted by Crippen LogP contribution is -2.47. The molecule has 1 amide bonds. The van der Waals surface area contributed by atoms with E-state index in [0.717, 1.165) is 0 Å². The molecule has 2 atom stereocenters. The summed E-state index contributed by atoms with van der Waals surface area (Å²) in [6.45, 7) is 8.43. The Hall–Kier alpha value is -1.76. The van der Waals surface area contributed by atoms with Crippen molar-refractivity contribution >= 4 is 23.7 Å². The summed E-state index contributed by atoms with van der Waals surface area (Å²) in [5.41, 5.74) is -0.118. The summed E-state index contributed by atoms with van der Waals surface area (Å²) < 4.78 is 6.47. The molecule has 0 radical (unpaired) electrons. The van der Waals surface area contributed by atoms with Gasteiger partial charge in [0.2, 0.25) is 0 Å². The Kier molecular flexibility index (Phi) is 5.22. The van der Waals surface area contributed by atoms with Gasteiger partial charge in [0.25, 0.3) is 0 Å². The van der Waals surface area contributed by atoms with E-state index in [-0.39, 0.29) is 0 Å². The number of carbonyl (C=O) groups is 2. The molecule has 21 heavy (non-hydrogen) atoms. The van der Waals surface area contributed by atoms with E-state index in [1.807, 2.05) is 0 Å². The first-order valence-corrected chi connectivity index (χ1v) is 6.82. The van der Waals surface area contributed by atoms with Crippen LogP contribution in [0.2, 0.25) is 5.02 Å². The summed E-state index contributed by atoms with van der Waals surface area (Å²) in [5.74, 6) is -1.18. The number of carboxylic acid groups (broad SMARTS) is 1. The predicted octanol–water partition coefficient (Wildman–Crippen LogP) is 2.38. The van der Waals surface area contributed by atoms with Crippen LogP contribution < -0.4 is 5.32 Å². The molecule has 2 unspecified atom stereocenters. The molecule has 0 saturated heterocycles. The molecule has 1 rings (SSSR count). The minimum Gasteiger partial charge on any atom is -0.480 e. The van der Waals surface area contributed by atoms with Gasteiger partial charge in [0.1, 0.15) is 5.60 Å². The van der Waals surface area contributed by atoms with E-state index < -0.39 is 29.7 Å². The number of aromatic nitrogens is 2. The lowest BCUT2D eigenvalue weighted by molar-refractivity contribution is -0.140. The van der Waals surface area contributed by atoms with Crippen LogP contribution in [-0.4, -0.2) is 38.6 Å². The standard InChI is InChI=1S/C13H20ClN3O4/c1-7-9(14)6-17(16-7)8(2)10(11(18)19)15-12(20)21-13(3,4)5/h6,8,10H,1-5H3,(H,15,20)(H,18,19). The van der Waals surface area contributed by atoms with Crippen molar-refractivity contribution in [2.24, 2.45) is 0 Å². The predicted molar refractivity (Wildman–Crippen MR) is 77.5 cm³/mol. The number of hydrogen-bond donors (Lipinski definition) is 2. The molecule has 0 aromatic carbocycles. The maximum Gasteiger partial charge on any atom is 0.408 e. The van der Waals surface area contributed by atoms with Gasteiger partial charge in [0, 0.05) is 6.20 Å². The number of nitrogens with one attached hydrogen (secondary N) is 1. The second kappa shape index (κ2) is 6.34. The Morgan fingerprint density at radius 2 is 2.05 bits per heavy atom. The van der Waals surface area contributed by atoms with Crippen molar-refractivity contribution in [1.82, 2.24) is 15.1 Å². The molecular formula is C13H20ClN3O4. The van der Waals surface area contributed by atoms with Crippen LogP contribution in [0.1, 0.15) is 39.4 Å². The molecule has 1 aromatic heterocycles. The van der Waals surface area contributed by atoms with Crippen LogP contribution in [0.5, 0.6) is 0 Å². The minimum absolute atomic E-state index is 0.434. The molecule has 0 saturated carbocycles. The van der Waals surface area contributed by atoms with Gasteiger partial charge in [0.15, 0.2) is 6.04 Å². The highest BCUT2D eigenvalue weighted by Crippen LogP contribution is 2.18. The summed E-state index contributed by atoms with van der Waals surface area (Å²) in [7, 11) is 0. The van der Waals surface area contributed by atoms with Gasteiger partial charge in [0.05, 0.1) is 16.8 Å². The highest BCUT2D eigenvalue weighted by Gasteiger charge is 2.30. The highest BCUT2D eigenvalue weighted by atomic mass is 35.5. The van der Waals surface area contributed by atoms with E-state index in [0.29, 0.717) is 10.7 Å². The number of hydrogen-bond acceptors (Lipinski definition) is 4. The highest BCUT2D eigenvalue weighted by molar-refractivity contribution is 6.31. The molecule has 0 aliphatic rings. The van der Waals surface area contributed by atoms with Crippen molar-refractivity contribution in [1.29, 1.82) is 0 Å². The van der Waals surface area contributed by atoms with Crippen LogP contribution in [0.4, 0.5) is 4.79 Å². The average Bonchev–Trinajstić information content (AvgIpc) is 2.63. The van der Waals surface area contributed by atoms with E-state index >= 15 is 0 Å². The number of aliphatic carboxylic acids is 1. The number of rotatable bonds is 4. The quantitative estimate of drug-likeness (QED) is 0.889. The van der Waals surface area contributed by atoms with Gasteiger partial charge >= 0.3 is 12.1 Å². The van der Waals surface area contributed by atoms with Crippen molar-refractivity contribution in [3.05, 3.63) is 16.9 Å². The fourth-order valence-corrected chi connectivity index (χ4v) is 1.78. The Labute approximate surface area is 128 Å². The number of ether oxygens (including phenoxy) is 1. The second-order valence-electron chi connectivity index (χ2n) is 5.75. The molecule has 0 spiro atoms. The number of aryl methyl sites for hydroxylation is 1. The van der Waals surface area contributed by atoms with Gasteiger partial charge in [-0.2, -0.15) is 5.10 Å². The number of nitrogens with zero attached hydrogens (tertiary/aromatic N) is 2. The number of carbonyl (C=O) groups excluding carboxylic acids is 1. The van der Waals surface area contributed by atoms with Gasteiger partial charge in [-0.15, -0.1) is 0 Å². The van der Waals surface area contributed by atoms with Gasteiger partial charge in [-0.25, -0.2) is 9.59 Å². The van der Waals surface area contributed by atoms with Crippen LogP contribution in [0.15, 0.2) is 6.20 Å². The van der Waals surface area contributed by atoms with Gasteiger partial charge in [-0.05, 0) is 34.6 Å². The van der Waals surface area contributed by atoms with Crippen LogP contribution in [0.25, 0.3) is 0 Å². The van der Waals surface area contributed by atoms with Crippen molar-refractivity contribution < 1.29 is 19.4 Å². The van der Waals surface area contributed by atoms with E-state index in [9.17, 15) is 14.7 Å². The summed E-state index contributed by atoms with van der Waals surface area (Å²) in [5, 5.41) is 16.2. The van der Waals surface area contributed by atoms with E-state index in [1.54, 1.807) is 34.6 Å². The van der Waals surface area contributed by atoms with Crippen LogP contribution in [0.3, 0.4) is 0 Å². The fourth-order valence-electron chi connectivity index (χ4n) is 1.64. The second-order valence-corrected chi connectivity index (χ2v) is 6.15. The van der Waals surface area contributed by atoms with Gasteiger partial charge in [-0.3, -0.25) is 4.68 Å².